The van der Waals surface area contributed by atoms with Crippen molar-refractivity contribution in [3.63, 3.8) is 0 Å². The molecule has 96 valence electrons. The number of nitrogens with zero attached hydrogens (tertiary/aromatic N) is 2. The molecule has 0 saturated heterocycles. The lowest BCUT2D eigenvalue weighted by molar-refractivity contribution is 0.372. The molecule has 0 aliphatic heterocycles. The Morgan fingerprint density at radius 3 is 2.78 bits per heavy atom. The average Bonchev–Trinajstić information content (AvgIpc) is 2.85. The van der Waals surface area contributed by atoms with E-state index >= 15 is 0 Å². The van der Waals surface area contributed by atoms with Gasteiger partial charge in [-0.15, -0.1) is 0 Å². The van der Waals surface area contributed by atoms with Crippen LogP contribution in [-0.4, -0.2) is 22.7 Å². The molecule has 0 aliphatic rings. The van der Waals surface area contributed by atoms with Gasteiger partial charge in [-0.1, -0.05) is 33.2 Å². The Labute approximate surface area is 115 Å². The second-order valence-corrected chi connectivity index (χ2v) is 5.19. The Hall–Kier alpha value is -1.20. The summed E-state index contributed by atoms with van der Waals surface area (Å²) >= 11 is 3.44. The summed E-state index contributed by atoms with van der Waals surface area (Å²) in [6.45, 7) is 3.02. The molecule has 1 heterocycles. The van der Waals surface area contributed by atoms with Gasteiger partial charge < -0.3 is 9.84 Å². The molecule has 0 spiro atoms. The largest absolute Gasteiger partial charge is 0.340 e. The molecule has 1 N–H and O–H groups in total. The molecule has 18 heavy (non-hydrogen) atoms. The number of hydrogen-bond donors (Lipinski definition) is 1. The zero-order valence-corrected chi connectivity index (χ0v) is 11.9. The zero-order valence-electron chi connectivity index (χ0n) is 10.3. The minimum absolute atomic E-state index is 0.425. The third-order valence-corrected chi connectivity index (χ3v) is 3.22. The van der Waals surface area contributed by atoms with E-state index in [1.807, 2.05) is 0 Å². The number of hydrogen-bond acceptors (Lipinski definition) is 4. The minimum Gasteiger partial charge on any atom is -0.340 e. The second kappa shape index (κ2) is 6.66. The van der Waals surface area contributed by atoms with Gasteiger partial charge in [-0.2, -0.15) is 4.98 Å². The standard InChI is InChI=1S/C13H16BrN3O/c1-10(8-11-2-4-12(14)5-3-11)15-7-6-13-16-9-17-18-13/h2-5,9-10,15H,6-8H2,1H3. The predicted molar refractivity (Wildman–Crippen MR) is 73.3 cm³/mol. The fourth-order valence-electron chi connectivity index (χ4n) is 1.78. The molecular weight excluding hydrogens is 294 g/mol. The quantitative estimate of drug-likeness (QED) is 0.891. The lowest BCUT2D eigenvalue weighted by atomic mass is 10.1. The summed E-state index contributed by atoms with van der Waals surface area (Å²) in [6.07, 6.45) is 3.21. The molecule has 1 unspecified atom stereocenters. The predicted octanol–water partition coefficient (Wildman–Crippen LogP) is 2.60. The first kappa shape index (κ1) is 13.2. The van der Waals surface area contributed by atoms with Gasteiger partial charge in [0.15, 0.2) is 6.33 Å². The van der Waals surface area contributed by atoms with Gasteiger partial charge in [0.25, 0.3) is 0 Å². The SMILES string of the molecule is CC(Cc1ccc(Br)cc1)NCCc1ncno1. The Kier molecular flexibility index (Phi) is 4.90. The van der Waals surface area contributed by atoms with Crippen LogP contribution < -0.4 is 5.32 Å². The van der Waals surface area contributed by atoms with Crippen LogP contribution in [0.15, 0.2) is 39.6 Å². The third kappa shape index (κ3) is 4.23. The van der Waals surface area contributed by atoms with Gasteiger partial charge in [-0.25, -0.2) is 0 Å². The monoisotopic (exact) mass is 309 g/mol. The Balaban J connectivity index is 1.71. The van der Waals surface area contributed by atoms with E-state index in [1.54, 1.807) is 0 Å². The summed E-state index contributed by atoms with van der Waals surface area (Å²) in [7, 11) is 0. The van der Waals surface area contributed by atoms with E-state index < -0.39 is 0 Å². The van der Waals surface area contributed by atoms with E-state index in [0.29, 0.717) is 11.9 Å². The van der Waals surface area contributed by atoms with Gasteiger partial charge in [0.2, 0.25) is 5.89 Å². The molecule has 0 bridgehead atoms. The van der Waals surface area contributed by atoms with Crippen molar-refractivity contribution in [2.24, 2.45) is 0 Å². The van der Waals surface area contributed by atoms with E-state index in [0.717, 1.165) is 23.9 Å². The van der Waals surface area contributed by atoms with Crippen LogP contribution >= 0.6 is 15.9 Å². The Morgan fingerprint density at radius 1 is 1.33 bits per heavy atom. The summed E-state index contributed by atoms with van der Waals surface area (Å²) in [5.41, 5.74) is 1.33. The molecule has 0 saturated carbocycles. The zero-order chi connectivity index (χ0) is 12.8. The Morgan fingerprint density at radius 2 is 2.11 bits per heavy atom. The van der Waals surface area contributed by atoms with Gasteiger partial charge in [0, 0.05) is 23.5 Å². The van der Waals surface area contributed by atoms with Crippen molar-refractivity contribution in [1.29, 1.82) is 0 Å². The molecule has 5 heteroatoms. The first-order chi connectivity index (χ1) is 8.74. The lowest BCUT2D eigenvalue weighted by Gasteiger charge is -2.13. The number of halogens is 1. The van der Waals surface area contributed by atoms with Crippen molar-refractivity contribution in [3.05, 3.63) is 46.5 Å². The summed E-state index contributed by atoms with van der Waals surface area (Å²) in [4.78, 5) is 3.98. The van der Waals surface area contributed by atoms with Crippen molar-refractivity contribution >= 4 is 15.9 Å². The molecule has 0 aliphatic carbocycles. The highest BCUT2D eigenvalue weighted by Crippen LogP contribution is 2.11. The van der Waals surface area contributed by atoms with Gasteiger partial charge in [-0.05, 0) is 31.0 Å². The van der Waals surface area contributed by atoms with Crippen LogP contribution in [0, 0.1) is 0 Å². The van der Waals surface area contributed by atoms with Gasteiger partial charge in [0.05, 0.1) is 0 Å². The molecule has 1 aromatic heterocycles. The molecule has 0 radical (unpaired) electrons. The molecular formula is C13H16BrN3O. The fourth-order valence-corrected chi connectivity index (χ4v) is 2.04. The van der Waals surface area contributed by atoms with Crippen LogP contribution in [0.4, 0.5) is 0 Å². The summed E-state index contributed by atoms with van der Waals surface area (Å²) in [5.74, 6) is 0.679. The van der Waals surface area contributed by atoms with Gasteiger partial charge >= 0.3 is 0 Å². The molecule has 1 atom stereocenters. The highest BCUT2D eigenvalue weighted by molar-refractivity contribution is 9.10. The van der Waals surface area contributed by atoms with Crippen molar-refractivity contribution in [1.82, 2.24) is 15.5 Å². The van der Waals surface area contributed by atoms with Crippen molar-refractivity contribution in [2.75, 3.05) is 6.54 Å². The maximum atomic E-state index is 4.94. The van der Waals surface area contributed by atoms with Crippen molar-refractivity contribution in [2.45, 2.75) is 25.8 Å². The van der Waals surface area contributed by atoms with E-state index in [-0.39, 0.29) is 0 Å². The molecule has 2 rings (SSSR count). The maximum absolute atomic E-state index is 4.94. The van der Waals surface area contributed by atoms with E-state index in [2.05, 4.69) is 62.6 Å². The topological polar surface area (TPSA) is 51.0 Å². The van der Waals surface area contributed by atoms with Crippen molar-refractivity contribution in [3.8, 4) is 0 Å². The highest BCUT2D eigenvalue weighted by Gasteiger charge is 2.04. The summed E-state index contributed by atoms with van der Waals surface area (Å²) in [6, 6.07) is 8.84. The highest BCUT2D eigenvalue weighted by atomic mass is 79.9. The number of rotatable bonds is 6. The van der Waals surface area contributed by atoms with Gasteiger partial charge in [-0.3, -0.25) is 0 Å². The number of aromatic nitrogens is 2. The third-order valence-electron chi connectivity index (χ3n) is 2.69. The molecule has 1 aromatic carbocycles. The average molecular weight is 310 g/mol. The summed E-state index contributed by atoms with van der Waals surface area (Å²) < 4.78 is 6.05. The Bertz CT molecular complexity index is 456. The minimum atomic E-state index is 0.425. The van der Waals surface area contributed by atoms with E-state index in [4.69, 9.17) is 4.52 Å². The number of nitrogens with one attached hydrogen (secondary N) is 1. The van der Waals surface area contributed by atoms with E-state index in [9.17, 15) is 0 Å². The van der Waals surface area contributed by atoms with E-state index in [1.165, 1.54) is 11.9 Å². The normalized spacial score (nSPS) is 12.6. The molecule has 2 aromatic rings. The van der Waals surface area contributed by atoms with Crippen LogP contribution in [-0.2, 0) is 12.8 Å². The smallest absolute Gasteiger partial charge is 0.227 e. The van der Waals surface area contributed by atoms with Crippen LogP contribution in [0.2, 0.25) is 0 Å². The number of benzene rings is 1. The maximum Gasteiger partial charge on any atom is 0.227 e. The van der Waals surface area contributed by atoms with Crippen LogP contribution in [0.3, 0.4) is 0 Å². The fraction of sp³-hybridized carbons (Fsp3) is 0.385. The van der Waals surface area contributed by atoms with Crippen molar-refractivity contribution < 1.29 is 4.52 Å². The van der Waals surface area contributed by atoms with Crippen LogP contribution in [0.25, 0.3) is 0 Å². The summed E-state index contributed by atoms with van der Waals surface area (Å²) in [5, 5.41) is 7.02. The molecule has 4 nitrogen and oxygen atoms in total. The first-order valence-corrected chi connectivity index (χ1v) is 6.76. The van der Waals surface area contributed by atoms with Crippen LogP contribution in [0.1, 0.15) is 18.4 Å². The molecule has 0 amide bonds. The van der Waals surface area contributed by atoms with Crippen LogP contribution in [0.5, 0.6) is 0 Å². The second-order valence-electron chi connectivity index (χ2n) is 4.27. The first-order valence-electron chi connectivity index (χ1n) is 5.97. The van der Waals surface area contributed by atoms with Gasteiger partial charge in [0.1, 0.15) is 0 Å². The molecule has 0 fully saturated rings. The lowest BCUT2D eigenvalue weighted by Crippen LogP contribution is -2.30.